The smallest absolute Gasteiger partial charge is 0.343 e. The summed E-state index contributed by atoms with van der Waals surface area (Å²) in [4.78, 5) is 12.6. The molecule has 0 fully saturated rings. The average Bonchev–Trinajstić information content (AvgIpc) is 2.54. The van der Waals surface area contributed by atoms with E-state index in [1.54, 1.807) is 31.2 Å². The average molecular weight is 343 g/mol. The van der Waals surface area contributed by atoms with Crippen molar-refractivity contribution in [1.29, 1.82) is 0 Å². The molecule has 2 heterocycles. The van der Waals surface area contributed by atoms with E-state index < -0.39 is 11.4 Å². The van der Waals surface area contributed by atoms with E-state index in [1.165, 1.54) is 0 Å². The lowest BCUT2D eigenvalue weighted by Gasteiger charge is -2.36. The molecule has 2 aromatic carbocycles. The maximum Gasteiger partial charge on any atom is 0.343 e. The lowest BCUT2D eigenvalue weighted by atomic mass is 9.83. The van der Waals surface area contributed by atoms with Crippen LogP contribution in [0.3, 0.4) is 0 Å². The van der Waals surface area contributed by atoms with Crippen LogP contribution >= 0.6 is 11.6 Å². The molecule has 0 saturated heterocycles. The molecule has 0 spiro atoms. The largest absolute Gasteiger partial charge is 0.461 e. The monoisotopic (exact) mass is 342 g/mol. The Morgan fingerprint density at radius 2 is 1.88 bits per heavy atom. The molecule has 1 aliphatic rings. The van der Waals surface area contributed by atoms with E-state index in [4.69, 9.17) is 20.8 Å². The molecule has 1 aromatic heterocycles. The zero-order valence-electron chi connectivity index (χ0n) is 13.0. The van der Waals surface area contributed by atoms with Crippen LogP contribution in [0.5, 0.6) is 5.75 Å². The minimum atomic E-state index is -1.38. The van der Waals surface area contributed by atoms with Gasteiger partial charge in [-0.1, -0.05) is 35.9 Å². The van der Waals surface area contributed by atoms with Crippen LogP contribution in [-0.4, -0.2) is 10.9 Å². The molecule has 4 rings (SSSR count). The molecule has 1 N–H and O–H groups in total. The second-order valence-electron chi connectivity index (χ2n) is 6.21. The first-order valence-electron chi connectivity index (χ1n) is 7.67. The molecule has 5 heteroatoms. The molecule has 0 aliphatic carbocycles. The molecule has 2 unspecified atom stereocenters. The van der Waals surface area contributed by atoms with E-state index in [-0.39, 0.29) is 12.3 Å². The van der Waals surface area contributed by atoms with Gasteiger partial charge < -0.3 is 14.3 Å². The van der Waals surface area contributed by atoms with Gasteiger partial charge in [-0.2, -0.15) is 0 Å². The predicted octanol–water partition coefficient (Wildman–Crippen LogP) is 4.07. The SMILES string of the molecule is CC1(O)CC(c2ccc(Cl)cc2)c2c(c3ccccc3oc2=O)O1. The molecule has 0 bridgehead atoms. The van der Waals surface area contributed by atoms with Gasteiger partial charge in [-0.3, -0.25) is 0 Å². The zero-order valence-corrected chi connectivity index (χ0v) is 13.7. The summed E-state index contributed by atoms with van der Waals surface area (Å²) in [7, 11) is 0. The highest BCUT2D eigenvalue weighted by Gasteiger charge is 2.39. The van der Waals surface area contributed by atoms with Gasteiger partial charge in [0.25, 0.3) is 0 Å². The summed E-state index contributed by atoms with van der Waals surface area (Å²) in [6.45, 7) is 1.60. The standard InChI is InChI=1S/C19H15ClO4/c1-19(22)10-14(11-6-8-12(20)9-7-11)16-17(24-19)13-4-2-3-5-15(13)23-18(16)21/h2-9,14,22H,10H2,1H3. The third-order valence-electron chi connectivity index (χ3n) is 4.32. The number of para-hydroxylation sites is 1. The second kappa shape index (κ2) is 5.36. The van der Waals surface area contributed by atoms with Crippen molar-refractivity contribution >= 4 is 22.6 Å². The normalized spacial score (nSPS) is 22.9. The van der Waals surface area contributed by atoms with Crippen LogP contribution in [-0.2, 0) is 0 Å². The summed E-state index contributed by atoms with van der Waals surface area (Å²) < 4.78 is 11.2. The van der Waals surface area contributed by atoms with Crippen LogP contribution < -0.4 is 10.4 Å². The van der Waals surface area contributed by atoms with Crippen LogP contribution in [0.25, 0.3) is 11.0 Å². The number of rotatable bonds is 1. The van der Waals surface area contributed by atoms with E-state index in [0.717, 1.165) is 5.56 Å². The van der Waals surface area contributed by atoms with Crippen molar-refractivity contribution in [3.8, 4) is 5.75 Å². The minimum absolute atomic E-state index is 0.255. The van der Waals surface area contributed by atoms with E-state index in [1.807, 2.05) is 24.3 Å². The summed E-state index contributed by atoms with van der Waals surface area (Å²) in [5.74, 6) is -1.33. The molecule has 24 heavy (non-hydrogen) atoms. The van der Waals surface area contributed by atoms with Gasteiger partial charge in [0.1, 0.15) is 11.3 Å². The first kappa shape index (κ1) is 15.2. The number of benzene rings is 2. The molecule has 0 radical (unpaired) electrons. The first-order chi connectivity index (χ1) is 11.4. The Bertz CT molecular complexity index is 973. The summed E-state index contributed by atoms with van der Waals surface area (Å²) in [5.41, 5.74) is 1.31. The highest BCUT2D eigenvalue weighted by Crippen LogP contribution is 2.44. The van der Waals surface area contributed by atoms with Crippen molar-refractivity contribution in [3.63, 3.8) is 0 Å². The fourth-order valence-corrected chi connectivity index (χ4v) is 3.39. The number of fused-ring (bicyclic) bond motifs is 3. The van der Waals surface area contributed by atoms with Gasteiger partial charge in [0.2, 0.25) is 5.79 Å². The number of ether oxygens (including phenoxy) is 1. The minimum Gasteiger partial charge on any atom is -0.461 e. The number of hydrogen-bond acceptors (Lipinski definition) is 4. The summed E-state index contributed by atoms with van der Waals surface area (Å²) in [6.07, 6.45) is 0.255. The molecule has 0 amide bonds. The third-order valence-corrected chi connectivity index (χ3v) is 4.58. The maximum absolute atomic E-state index is 12.6. The molecule has 1 aliphatic heterocycles. The molecule has 0 saturated carbocycles. The number of hydrogen-bond donors (Lipinski definition) is 1. The van der Waals surface area contributed by atoms with Crippen LogP contribution in [0.15, 0.2) is 57.7 Å². The van der Waals surface area contributed by atoms with E-state index in [0.29, 0.717) is 27.3 Å². The van der Waals surface area contributed by atoms with Crippen LogP contribution in [0.4, 0.5) is 0 Å². The van der Waals surface area contributed by atoms with E-state index in [9.17, 15) is 9.90 Å². The van der Waals surface area contributed by atoms with Gasteiger partial charge >= 0.3 is 5.63 Å². The fraction of sp³-hybridized carbons (Fsp3) is 0.211. The van der Waals surface area contributed by atoms with E-state index in [2.05, 4.69) is 0 Å². The van der Waals surface area contributed by atoms with Gasteiger partial charge in [-0.15, -0.1) is 0 Å². The van der Waals surface area contributed by atoms with Gasteiger partial charge in [0.15, 0.2) is 0 Å². The quantitative estimate of drug-likeness (QED) is 0.677. The Balaban J connectivity index is 2.01. The van der Waals surface area contributed by atoms with Crippen molar-refractivity contribution in [3.05, 3.63) is 75.1 Å². The summed E-state index contributed by atoms with van der Waals surface area (Å²) in [5, 5.41) is 11.9. The Labute approximate surface area is 143 Å². The lowest BCUT2D eigenvalue weighted by molar-refractivity contribution is -0.136. The molecule has 122 valence electrons. The Morgan fingerprint density at radius 3 is 2.62 bits per heavy atom. The van der Waals surface area contributed by atoms with Gasteiger partial charge in [0.05, 0.1) is 10.9 Å². The number of aliphatic hydroxyl groups is 1. The van der Waals surface area contributed by atoms with Gasteiger partial charge in [-0.05, 0) is 29.8 Å². The first-order valence-corrected chi connectivity index (χ1v) is 8.05. The fourth-order valence-electron chi connectivity index (χ4n) is 3.27. The highest BCUT2D eigenvalue weighted by atomic mass is 35.5. The van der Waals surface area contributed by atoms with Crippen molar-refractivity contribution in [2.45, 2.75) is 25.0 Å². The molecular formula is C19H15ClO4. The van der Waals surface area contributed by atoms with Crippen molar-refractivity contribution < 1.29 is 14.3 Å². The van der Waals surface area contributed by atoms with Gasteiger partial charge in [-0.25, -0.2) is 4.79 Å². The van der Waals surface area contributed by atoms with Crippen LogP contribution in [0.1, 0.15) is 30.4 Å². The van der Waals surface area contributed by atoms with Crippen molar-refractivity contribution in [1.82, 2.24) is 0 Å². The topological polar surface area (TPSA) is 59.7 Å². The molecule has 3 aromatic rings. The Morgan fingerprint density at radius 1 is 1.17 bits per heavy atom. The lowest BCUT2D eigenvalue weighted by Crippen LogP contribution is -2.40. The van der Waals surface area contributed by atoms with Crippen LogP contribution in [0.2, 0.25) is 5.02 Å². The zero-order chi connectivity index (χ0) is 16.9. The molecular weight excluding hydrogens is 328 g/mol. The third kappa shape index (κ3) is 2.48. The predicted molar refractivity (Wildman–Crippen MR) is 91.6 cm³/mol. The summed E-state index contributed by atoms with van der Waals surface area (Å²) in [6, 6.07) is 14.4. The van der Waals surface area contributed by atoms with Gasteiger partial charge in [0, 0.05) is 24.3 Å². The molecule has 4 nitrogen and oxygen atoms in total. The van der Waals surface area contributed by atoms with Crippen LogP contribution in [0, 0.1) is 0 Å². The second-order valence-corrected chi connectivity index (χ2v) is 6.65. The molecule has 2 atom stereocenters. The van der Waals surface area contributed by atoms with Crippen molar-refractivity contribution in [2.75, 3.05) is 0 Å². The van der Waals surface area contributed by atoms with E-state index >= 15 is 0 Å². The Hall–Kier alpha value is -2.30. The maximum atomic E-state index is 12.6. The summed E-state index contributed by atoms with van der Waals surface area (Å²) >= 11 is 5.96. The van der Waals surface area contributed by atoms with Crippen molar-refractivity contribution in [2.24, 2.45) is 0 Å². The number of halogens is 1. The highest BCUT2D eigenvalue weighted by molar-refractivity contribution is 6.30. The Kier molecular flexibility index (Phi) is 3.41.